The van der Waals surface area contributed by atoms with Crippen LogP contribution >= 0.6 is 11.6 Å². The van der Waals surface area contributed by atoms with E-state index in [1.54, 1.807) is 0 Å². The Bertz CT molecular complexity index is 817. The molecule has 0 bridgehead atoms. The molecule has 0 aromatic heterocycles. The lowest BCUT2D eigenvalue weighted by Gasteiger charge is -2.24. The quantitative estimate of drug-likeness (QED) is 0.639. The van der Waals surface area contributed by atoms with E-state index in [-0.39, 0.29) is 18.0 Å². The molecule has 0 spiro atoms. The van der Waals surface area contributed by atoms with Crippen LogP contribution in [0.1, 0.15) is 50.8 Å². The minimum absolute atomic E-state index is 0.246. The molecule has 0 unspecified atom stereocenters. The van der Waals surface area contributed by atoms with E-state index in [1.807, 2.05) is 82.3 Å². The van der Waals surface area contributed by atoms with E-state index >= 15 is 0 Å². The molecule has 1 aliphatic heterocycles. The van der Waals surface area contributed by atoms with Crippen LogP contribution in [0.2, 0.25) is 5.02 Å². The van der Waals surface area contributed by atoms with Crippen LogP contribution in [0.5, 0.6) is 0 Å². The Labute approximate surface area is 159 Å². The summed E-state index contributed by atoms with van der Waals surface area (Å²) in [5.41, 5.74) is 1.99. The summed E-state index contributed by atoms with van der Waals surface area (Å²) in [4.78, 5) is 12.9. The van der Waals surface area contributed by atoms with Crippen molar-refractivity contribution in [3.8, 4) is 0 Å². The van der Waals surface area contributed by atoms with Crippen molar-refractivity contribution in [1.29, 1.82) is 0 Å². The van der Waals surface area contributed by atoms with Crippen molar-refractivity contribution in [1.82, 2.24) is 0 Å². The van der Waals surface area contributed by atoms with Gasteiger partial charge in [0.2, 0.25) is 0 Å². The van der Waals surface area contributed by atoms with E-state index in [9.17, 15) is 4.79 Å². The van der Waals surface area contributed by atoms with Crippen LogP contribution in [0.4, 0.5) is 0 Å². The number of rotatable bonds is 3. The zero-order valence-electron chi connectivity index (χ0n) is 15.5. The van der Waals surface area contributed by atoms with E-state index in [2.05, 4.69) is 0 Å². The van der Waals surface area contributed by atoms with Crippen LogP contribution in [-0.2, 0) is 14.3 Å². The van der Waals surface area contributed by atoms with Gasteiger partial charge in [-0.2, -0.15) is 0 Å². The van der Waals surface area contributed by atoms with E-state index in [1.165, 1.54) is 0 Å². The van der Waals surface area contributed by atoms with Crippen molar-refractivity contribution in [2.75, 3.05) is 0 Å². The topological polar surface area (TPSA) is 35.5 Å². The highest BCUT2D eigenvalue weighted by Crippen LogP contribution is 2.48. The zero-order chi connectivity index (χ0) is 18.9. The van der Waals surface area contributed by atoms with Crippen LogP contribution < -0.4 is 0 Å². The van der Waals surface area contributed by atoms with E-state index in [0.29, 0.717) is 16.4 Å². The number of benzene rings is 2. The summed E-state index contributed by atoms with van der Waals surface area (Å²) >= 11 is 6.05. The Morgan fingerprint density at radius 2 is 1.62 bits per heavy atom. The first-order chi connectivity index (χ1) is 12.3. The molecule has 0 amide bonds. The molecule has 136 valence electrons. The average molecular weight is 371 g/mol. The lowest BCUT2D eigenvalue weighted by molar-refractivity contribution is -0.150. The highest BCUT2D eigenvalue weighted by molar-refractivity contribution is 6.30. The van der Waals surface area contributed by atoms with Crippen molar-refractivity contribution in [3.05, 3.63) is 82.1 Å². The van der Waals surface area contributed by atoms with E-state index in [0.717, 1.165) is 11.1 Å². The minimum atomic E-state index is -0.570. The second-order valence-electron chi connectivity index (χ2n) is 7.45. The van der Waals surface area contributed by atoms with Crippen molar-refractivity contribution in [3.63, 3.8) is 0 Å². The fourth-order valence-corrected chi connectivity index (χ4v) is 3.34. The first-order valence-corrected chi connectivity index (χ1v) is 9.05. The molecule has 2 aromatic carbocycles. The Balaban J connectivity index is 2.05. The molecule has 0 aliphatic carbocycles. The molecule has 0 N–H and O–H groups in total. The predicted molar refractivity (Wildman–Crippen MR) is 103 cm³/mol. The summed E-state index contributed by atoms with van der Waals surface area (Å²) < 4.78 is 11.8. The van der Waals surface area contributed by atoms with Gasteiger partial charge in [-0.3, -0.25) is 0 Å². The van der Waals surface area contributed by atoms with Crippen LogP contribution in [0.15, 0.2) is 65.9 Å². The third-order valence-corrected chi connectivity index (χ3v) is 4.52. The molecular weight excluding hydrogens is 348 g/mol. The van der Waals surface area contributed by atoms with Gasteiger partial charge in [0, 0.05) is 5.02 Å². The number of carbonyl (C=O) groups is 1. The Hall–Kier alpha value is -2.26. The van der Waals surface area contributed by atoms with Crippen LogP contribution in [-0.4, -0.2) is 11.6 Å². The molecule has 0 radical (unpaired) electrons. The summed E-state index contributed by atoms with van der Waals surface area (Å²) in [6, 6.07) is 17.5. The van der Waals surface area contributed by atoms with Gasteiger partial charge in [0.1, 0.15) is 17.5 Å². The van der Waals surface area contributed by atoms with E-state index in [4.69, 9.17) is 21.1 Å². The molecule has 0 fully saturated rings. The SMILES string of the molecule is CC1=C(C(=O)OC(C)(C)C)[C@H](c2ccc(Cl)cc2)[C@@H](c2ccccc2)O1. The van der Waals surface area contributed by atoms with Gasteiger partial charge in [0.15, 0.2) is 0 Å². The molecule has 0 saturated heterocycles. The van der Waals surface area contributed by atoms with Gasteiger partial charge in [-0.1, -0.05) is 54.1 Å². The highest BCUT2D eigenvalue weighted by Gasteiger charge is 2.42. The normalized spacial score (nSPS) is 20.0. The summed E-state index contributed by atoms with van der Waals surface area (Å²) in [5.74, 6) is 0.0194. The second kappa shape index (κ2) is 7.16. The molecule has 3 rings (SSSR count). The standard InChI is InChI=1S/C22H23ClO3/c1-14-18(21(24)26-22(2,3)4)19(15-10-12-17(23)13-11-15)20(25-14)16-8-6-5-7-9-16/h5-13,19-20H,1-4H3/t19-,20+/m0/s1. The number of carbonyl (C=O) groups excluding carboxylic acids is 1. The van der Waals surface area contributed by atoms with Gasteiger partial charge in [-0.15, -0.1) is 0 Å². The summed E-state index contributed by atoms with van der Waals surface area (Å²) in [6.45, 7) is 7.42. The molecule has 4 heteroatoms. The van der Waals surface area contributed by atoms with Gasteiger partial charge in [-0.05, 0) is 51.0 Å². The second-order valence-corrected chi connectivity index (χ2v) is 7.89. The maximum absolute atomic E-state index is 12.9. The van der Waals surface area contributed by atoms with E-state index < -0.39 is 5.60 Å². The molecule has 3 nitrogen and oxygen atoms in total. The first kappa shape index (κ1) is 18.5. The molecule has 2 aromatic rings. The summed E-state index contributed by atoms with van der Waals surface area (Å²) in [7, 11) is 0. The third-order valence-electron chi connectivity index (χ3n) is 4.27. The smallest absolute Gasteiger partial charge is 0.338 e. The lowest BCUT2D eigenvalue weighted by atomic mass is 9.84. The highest BCUT2D eigenvalue weighted by atomic mass is 35.5. The van der Waals surface area contributed by atoms with Gasteiger partial charge in [0.05, 0.1) is 11.5 Å². The minimum Gasteiger partial charge on any atom is -0.489 e. The molecular formula is C22H23ClO3. The van der Waals surface area contributed by atoms with Gasteiger partial charge >= 0.3 is 5.97 Å². The van der Waals surface area contributed by atoms with Crippen LogP contribution in [0.25, 0.3) is 0 Å². The Morgan fingerprint density at radius 1 is 1.00 bits per heavy atom. The van der Waals surface area contributed by atoms with Crippen molar-refractivity contribution in [2.45, 2.75) is 45.3 Å². The van der Waals surface area contributed by atoms with Crippen LogP contribution in [0, 0.1) is 0 Å². The van der Waals surface area contributed by atoms with Crippen molar-refractivity contribution >= 4 is 17.6 Å². The number of esters is 1. The van der Waals surface area contributed by atoms with Crippen molar-refractivity contribution in [2.24, 2.45) is 0 Å². The maximum Gasteiger partial charge on any atom is 0.338 e. The average Bonchev–Trinajstić information content (AvgIpc) is 2.92. The lowest BCUT2D eigenvalue weighted by Crippen LogP contribution is -2.27. The number of hydrogen-bond donors (Lipinski definition) is 0. The molecule has 2 atom stereocenters. The van der Waals surface area contributed by atoms with Gasteiger partial charge in [-0.25, -0.2) is 4.79 Å². The molecule has 1 aliphatic rings. The largest absolute Gasteiger partial charge is 0.489 e. The molecule has 0 saturated carbocycles. The van der Waals surface area contributed by atoms with Crippen LogP contribution in [0.3, 0.4) is 0 Å². The summed E-state index contributed by atoms with van der Waals surface area (Å²) in [5, 5.41) is 0.656. The Morgan fingerprint density at radius 3 is 2.19 bits per heavy atom. The monoisotopic (exact) mass is 370 g/mol. The molecule has 1 heterocycles. The van der Waals surface area contributed by atoms with Gasteiger partial charge in [0.25, 0.3) is 0 Å². The number of allylic oxidation sites excluding steroid dienone is 1. The zero-order valence-corrected chi connectivity index (χ0v) is 16.2. The predicted octanol–water partition coefficient (Wildman–Crippen LogP) is 5.81. The molecule has 26 heavy (non-hydrogen) atoms. The fraction of sp³-hybridized carbons (Fsp3) is 0.318. The Kier molecular flexibility index (Phi) is 5.10. The number of hydrogen-bond acceptors (Lipinski definition) is 3. The van der Waals surface area contributed by atoms with Gasteiger partial charge < -0.3 is 9.47 Å². The number of halogens is 1. The first-order valence-electron chi connectivity index (χ1n) is 8.67. The maximum atomic E-state index is 12.9. The summed E-state index contributed by atoms with van der Waals surface area (Å²) in [6.07, 6.45) is -0.278. The number of ether oxygens (including phenoxy) is 2. The van der Waals surface area contributed by atoms with Crippen molar-refractivity contribution < 1.29 is 14.3 Å². The third kappa shape index (κ3) is 3.94. The fourth-order valence-electron chi connectivity index (χ4n) is 3.21.